The van der Waals surface area contributed by atoms with E-state index in [1.165, 1.54) is 9.47 Å². The molecule has 2 amide bonds. The van der Waals surface area contributed by atoms with Crippen LogP contribution >= 0.6 is 0 Å². The zero-order valence-electron chi connectivity index (χ0n) is 19.9. The number of likely N-dealkylation sites (tertiary alicyclic amines) is 1. The number of nitrogens with one attached hydrogen (secondary N) is 1. The van der Waals surface area contributed by atoms with Gasteiger partial charge in [0.1, 0.15) is 12.4 Å². The number of urea groups is 1. The van der Waals surface area contributed by atoms with Crippen molar-refractivity contribution in [2.45, 2.75) is 65.6 Å². The molecule has 2 aromatic heterocycles. The fourth-order valence-corrected chi connectivity index (χ4v) is 4.16. The second-order valence-electron chi connectivity index (χ2n) is 8.66. The quantitative estimate of drug-likeness (QED) is 0.594. The molecule has 0 spiro atoms. The van der Waals surface area contributed by atoms with E-state index in [0.717, 1.165) is 19.3 Å². The lowest BCUT2D eigenvalue weighted by atomic mass is 9.97. The summed E-state index contributed by atoms with van der Waals surface area (Å²) in [6, 6.07) is -0.0607. The van der Waals surface area contributed by atoms with Gasteiger partial charge < -0.3 is 19.1 Å². The van der Waals surface area contributed by atoms with Crippen molar-refractivity contribution in [1.29, 1.82) is 0 Å². The van der Waals surface area contributed by atoms with Gasteiger partial charge in [-0.3, -0.25) is 19.1 Å². The maximum Gasteiger partial charge on any atom is 0.330 e. The van der Waals surface area contributed by atoms with E-state index in [4.69, 9.17) is 4.74 Å². The van der Waals surface area contributed by atoms with Gasteiger partial charge in [-0.2, -0.15) is 0 Å². The van der Waals surface area contributed by atoms with Crippen molar-refractivity contribution in [3.63, 3.8) is 0 Å². The third-order valence-corrected chi connectivity index (χ3v) is 5.97. The molecule has 3 rings (SSSR count). The Hall–Kier alpha value is -3.11. The fourth-order valence-electron chi connectivity index (χ4n) is 4.16. The van der Waals surface area contributed by atoms with Crippen LogP contribution in [0.1, 0.15) is 51.8 Å². The Morgan fingerprint density at radius 1 is 1.09 bits per heavy atom. The number of esters is 1. The molecule has 0 aromatic carbocycles. The zero-order chi connectivity index (χ0) is 24.1. The number of carbonyl (C=O) groups excluding carboxylic acids is 2. The number of aryl methyl sites for hydroxylation is 2. The van der Waals surface area contributed by atoms with E-state index in [2.05, 4.69) is 9.97 Å². The average molecular weight is 463 g/mol. The van der Waals surface area contributed by atoms with Gasteiger partial charge in [-0.1, -0.05) is 20.3 Å². The van der Waals surface area contributed by atoms with Gasteiger partial charge in [0.05, 0.1) is 5.92 Å². The highest BCUT2D eigenvalue weighted by Crippen LogP contribution is 2.21. The van der Waals surface area contributed by atoms with Crippen molar-refractivity contribution in [2.75, 3.05) is 27.2 Å². The number of ether oxygens (including phenoxy) is 1. The predicted molar refractivity (Wildman–Crippen MR) is 123 cm³/mol. The van der Waals surface area contributed by atoms with E-state index in [0.29, 0.717) is 56.0 Å². The monoisotopic (exact) mass is 462 g/mol. The van der Waals surface area contributed by atoms with Crippen molar-refractivity contribution in [2.24, 2.45) is 5.92 Å². The number of aromatic amines is 1. The third-order valence-electron chi connectivity index (χ3n) is 5.97. The number of hydrogen-bond donors (Lipinski definition) is 1. The summed E-state index contributed by atoms with van der Waals surface area (Å²) in [7, 11) is 3.41. The van der Waals surface area contributed by atoms with Gasteiger partial charge in [0.15, 0.2) is 11.2 Å². The Kier molecular flexibility index (Phi) is 7.93. The number of fused-ring (bicyclic) bond motifs is 1. The average Bonchev–Trinajstić information content (AvgIpc) is 3.15. The first-order valence-corrected chi connectivity index (χ1v) is 11.6. The minimum atomic E-state index is -0.487. The summed E-state index contributed by atoms with van der Waals surface area (Å²) < 4.78 is 8.80. The molecule has 11 nitrogen and oxygen atoms in total. The highest BCUT2D eigenvalue weighted by Gasteiger charge is 2.29. The summed E-state index contributed by atoms with van der Waals surface area (Å²) in [5.74, 6) is -0.174. The summed E-state index contributed by atoms with van der Waals surface area (Å²) in [6.45, 7) is 5.90. The minimum absolute atomic E-state index is 0.0607. The van der Waals surface area contributed by atoms with Gasteiger partial charge in [-0.15, -0.1) is 0 Å². The van der Waals surface area contributed by atoms with Gasteiger partial charge in [-0.25, -0.2) is 14.6 Å². The lowest BCUT2D eigenvalue weighted by Crippen LogP contribution is -2.45. The molecule has 0 aliphatic carbocycles. The number of carbonyl (C=O) groups is 2. The van der Waals surface area contributed by atoms with Crippen LogP contribution in [0.15, 0.2) is 9.59 Å². The molecule has 33 heavy (non-hydrogen) atoms. The first-order chi connectivity index (χ1) is 15.8. The molecule has 1 aliphatic heterocycles. The lowest BCUT2D eigenvalue weighted by molar-refractivity contribution is -0.151. The molecule has 11 heteroatoms. The van der Waals surface area contributed by atoms with Gasteiger partial charge in [0, 0.05) is 40.3 Å². The van der Waals surface area contributed by atoms with E-state index in [9.17, 15) is 19.2 Å². The van der Waals surface area contributed by atoms with Crippen LogP contribution in [0.3, 0.4) is 0 Å². The SMILES string of the molecule is CCCCn1c(=O)[nH]c(=O)c2c1nc(COC(=O)C1CCN(C(=O)N(C)C)CC1)n2CCC. The van der Waals surface area contributed by atoms with Gasteiger partial charge >= 0.3 is 17.7 Å². The molecular formula is C22H34N6O5. The van der Waals surface area contributed by atoms with Crippen molar-refractivity contribution in [1.82, 2.24) is 28.9 Å². The van der Waals surface area contributed by atoms with Crippen LogP contribution in [0.4, 0.5) is 4.79 Å². The second kappa shape index (κ2) is 10.7. The number of imidazole rings is 1. The highest BCUT2D eigenvalue weighted by molar-refractivity contribution is 5.76. The molecule has 3 heterocycles. The first-order valence-electron chi connectivity index (χ1n) is 11.6. The number of nitrogens with zero attached hydrogens (tertiary/aromatic N) is 5. The summed E-state index contributed by atoms with van der Waals surface area (Å²) in [5, 5.41) is 0. The number of aromatic nitrogens is 4. The normalized spacial score (nSPS) is 14.6. The van der Waals surface area contributed by atoms with Crippen LogP contribution < -0.4 is 11.2 Å². The fraction of sp³-hybridized carbons (Fsp3) is 0.682. The largest absolute Gasteiger partial charge is 0.457 e. The van der Waals surface area contributed by atoms with E-state index in [1.54, 1.807) is 23.6 Å². The molecule has 0 atom stereocenters. The van der Waals surface area contributed by atoms with E-state index in [1.807, 2.05) is 13.8 Å². The Bertz CT molecular complexity index is 1110. The van der Waals surface area contributed by atoms with E-state index in [-0.39, 0.29) is 24.5 Å². The number of H-pyrrole nitrogens is 1. The standard InChI is InChI=1S/C22H34N6O5/c1-5-7-11-28-18-17(19(29)24-21(28)31)27(10-6-2)16(23-18)14-33-20(30)15-8-12-26(13-9-15)22(32)25(3)4/h15H,5-14H2,1-4H3,(H,24,29,31). The Labute approximate surface area is 192 Å². The van der Waals surface area contributed by atoms with Crippen LogP contribution in [0.5, 0.6) is 0 Å². The molecular weight excluding hydrogens is 428 g/mol. The number of hydrogen-bond acceptors (Lipinski definition) is 6. The van der Waals surface area contributed by atoms with E-state index < -0.39 is 11.2 Å². The number of rotatable bonds is 8. The Morgan fingerprint density at radius 3 is 2.39 bits per heavy atom. The molecule has 0 bridgehead atoms. The van der Waals surface area contributed by atoms with Crippen LogP contribution in [-0.2, 0) is 29.2 Å². The Balaban J connectivity index is 1.77. The minimum Gasteiger partial charge on any atom is -0.457 e. The molecule has 0 unspecified atom stereocenters. The van der Waals surface area contributed by atoms with Crippen molar-refractivity contribution in [3.8, 4) is 0 Å². The van der Waals surface area contributed by atoms with Crippen LogP contribution in [-0.4, -0.2) is 68.1 Å². The molecule has 1 fully saturated rings. The predicted octanol–water partition coefficient (Wildman–Crippen LogP) is 1.53. The van der Waals surface area contributed by atoms with Gasteiger partial charge in [-0.05, 0) is 25.7 Å². The summed E-state index contributed by atoms with van der Waals surface area (Å²) in [6.07, 6.45) is 3.51. The lowest BCUT2D eigenvalue weighted by Gasteiger charge is -2.32. The summed E-state index contributed by atoms with van der Waals surface area (Å²) in [5.41, 5.74) is -0.315. The molecule has 0 radical (unpaired) electrons. The topological polar surface area (TPSA) is 123 Å². The number of amides is 2. The van der Waals surface area contributed by atoms with Gasteiger partial charge in [0.2, 0.25) is 0 Å². The maximum absolute atomic E-state index is 12.7. The van der Waals surface area contributed by atoms with Crippen molar-refractivity contribution >= 4 is 23.2 Å². The van der Waals surface area contributed by atoms with Crippen molar-refractivity contribution < 1.29 is 14.3 Å². The summed E-state index contributed by atoms with van der Waals surface area (Å²) >= 11 is 0. The van der Waals surface area contributed by atoms with Crippen LogP contribution in [0.25, 0.3) is 11.2 Å². The Morgan fingerprint density at radius 2 is 1.79 bits per heavy atom. The first kappa shape index (κ1) is 24.5. The smallest absolute Gasteiger partial charge is 0.330 e. The van der Waals surface area contributed by atoms with E-state index >= 15 is 0 Å². The third kappa shape index (κ3) is 5.28. The maximum atomic E-state index is 12.7. The second-order valence-corrected chi connectivity index (χ2v) is 8.66. The van der Waals surface area contributed by atoms with Crippen LogP contribution in [0, 0.1) is 5.92 Å². The molecule has 0 saturated carbocycles. The molecule has 1 saturated heterocycles. The van der Waals surface area contributed by atoms with Gasteiger partial charge in [0.25, 0.3) is 5.56 Å². The molecule has 2 aromatic rings. The van der Waals surface area contributed by atoms with Crippen molar-refractivity contribution in [3.05, 3.63) is 26.7 Å². The number of piperidine rings is 1. The molecule has 182 valence electrons. The highest BCUT2D eigenvalue weighted by atomic mass is 16.5. The zero-order valence-corrected chi connectivity index (χ0v) is 19.9. The van der Waals surface area contributed by atoms with Crippen LogP contribution in [0.2, 0.25) is 0 Å². The number of unbranched alkanes of at least 4 members (excludes halogenated alkanes) is 1. The molecule has 1 aliphatic rings. The summed E-state index contributed by atoms with van der Waals surface area (Å²) in [4.78, 5) is 59.9. The molecule has 1 N–H and O–H groups in total.